The van der Waals surface area contributed by atoms with Crippen molar-refractivity contribution in [2.75, 3.05) is 33.5 Å². The summed E-state index contributed by atoms with van der Waals surface area (Å²) in [6.45, 7) is 2.94. The monoisotopic (exact) mass is 385 g/mol. The van der Waals surface area contributed by atoms with Gasteiger partial charge >= 0.3 is 5.97 Å². The van der Waals surface area contributed by atoms with Crippen LogP contribution in [0.4, 0.5) is 0 Å². The van der Waals surface area contributed by atoms with E-state index in [-0.39, 0.29) is 18.1 Å². The first-order valence-electron chi connectivity index (χ1n) is 9.04. The summed E-state index contributed by atoms with van der Waals surface area (Å²) in [5.74, 6) is 0.266. The molecule has 1 N–H and O–H groups in total. The Bertz CT molecular complexity index is 847. The Morgan fingerprint density at radius 1 is 1.14 bits per heavy atom. The normalized spacial score (nSPS) is 12.2. The summed E-state index contributed by atoms with van der Waals surface area (Å²) >= 11 is 0. The highest BCUT2D eigenvalue weighted by Gasteiger charge is 2.22. The van der Waals surface area contributed by atoms with Gasteiger partial charge in [-0.25, -0.2) is 4.79 Å². The van der Waals surface area contributed by atoms with Crippen LogP contribution in [0.5, 0.6) is 17.2 Å². The van der Waals surface area contributed by atoms with E-state index in [1.807, 2.05) is 31.2 Å². The second-order valence-corrected chi connectivity index (χ2v) is 6.31. The summed E-state index contributed by atoms with van der Waals surface area (Å²) in [7, 11) is 1.48. The molecule has 0 aliphatic carbocycles. The highest BCUT2D eigenvalue weighted by Crippen LogP contribution is 2.40. The molecular formula is C21H23NO6. The van der Waals surface area contributed by atoms with Crippen LogP contribution in [-0.4, -0.2) is 45.4 Å². The minimum atomic E-state index is -0.635. The van der Waals surface area contributed by atoms with Gasteiger partial charge in [-0.05, 0) is 36.6 Å². The Morgan fingerprint density at radius 3 is 2.71 bits per heavy atom. The number of ether oxygens (including phenoxy) is 4. The summed E-state index contributed by atoms with van der Waals surface area (Å²) in [4.78, 5) is 24.2. The number of methoxy groups -OCH3 is 1. The van der Waals surface area contributed by atoms with E-state index >= 15 is 0 Å². The van der Waals surface area contributed by atoms with Gasteiger partial charge in [-0.2, -0.15) is 0 Å². The van der Waals surface area contributed by atoms with Gasteiger partial charge in [-0.3, -0.25) is 4.79 Å². The number of fused-ring (bicyclic) bond motifs is 1. The minimum absolute atomic E-state index is 0.230. The lowest BCUT2D eigenvalue weighted by atomic mass is 10.1. The van der Waals surface area contributed by atoms with Crippen LogP contribution < -0.4 is 19.5 Å². The fraction of sp³-hybridized carbons (Fsp3) is 0.333. The molecule has 0 radical (unpaired) electrons. The van der Waals surface area contributed by atoms with Crippen molar-refractivity contribution in [3.05, 3.63) is 53.1 Å². The van der Waals surface area contributed by atoms with E-state index in [0.29, 0.717) is 43.4 Å². The third-order valence-electron chi connectivity index (χ3n) is 4.38. The van der Waals surface area contributed by atoms with Gasteiger partial charge in [0.05, 0.1) is 12.7 Å². The van der Waals surface area contributed by atoms with Crippen LogP contribution in [0.2, 0.25) is 0 Å². The molecule has 2 aromatic rings. The number of amides is 1. The first-order chi connectivity index (χ1) is 13.6. The Morgan fingerprint density at radius 2 is 1.93 bits per heavy atom. The lowest BCUT2D eigenvalue weighted by molar-refractivity contribution is -0.124. The first kappa shape index (κ1) is 19.5. The molecule has 0 fully saturated rings. The van der Waals surface area contributed by atoms with Crippen molar-refractivity contribution in [2.45, 2.75) is 13.3 Å². The molecule has 148 valence electrons. The number of carbonyl (C=O) groups excluding carboxylic acids is 2. The summed E-state index contributed by atoms with van der Waals surface area (Å²) in [6.07, 6.45) is 0.714. The molecule has 1 amide bonds. The molecule has 7 heteroatoms. The maximum absolute atomic E-state index is 12.3. The molecule has 7 nitrogen and oxygen atoms in total. The third kappa shape index (κ3) is 4.73. The van der Waals surface area contributed by atoms with E-state index in [0.717, 1.165) is 0 Å². The molecule has 0 aromatic heterocycles. The minimum Gasteiger partial charge on any atom is -0.493 e. The number of benzene rings is 2. The van der Waals surface area contributed by atoms with Crippen LogP contribution in [-0.2, 0) is 16.0 Å². The zero-order valence-electron chi connectivity index (χ0n) is 15.9. The van der Waals surface area contributed by atoms with Crippen molar-refractivity contribution in [1.29, 1.82) is 0 Å². The average Bonchev–Trinajstić information content (AvgIpc) is 2.72. The molecule has 0 saturated carbocycles. The summed E-state index contributed by atoms with van der Waals surface area (Å²) in [5, 5.41) is 2.75. The molecule has 2 aromatic carbocycles. The molecule has 0 saturated heterocycles. The van der Waals surface area contributed by atoms with Gasteiger partial charge < -0.3 is 24.3 Å². The molecule has 28 heavy (non-hydrogen) atoms. The van der Waals surface area contributed by atoms with E-state index in [1.54, 1.807) is 0 Å². The van der Waals surface area contributed by atoms with Crippen LogP contribution in [0, 0.1) is 6.92 Å². The Hall–Kier alpha value is -3.22. The van der Waals surface area contributed by atoms with Gasteiger partial charge in [0.2, 0.25) is 5.75 Å². The van der Waals surface area contributed by atoms with Gasteiger partial charge in [0, 0.05) is 6.54 Å². The predicted molar refractivity (Wildman–Crippen MR) is 102 cm³/mol. The highest BCUT2D eigenvalue weighted by atomic mass is 16.6. The van der Waals surface area contributed by atoms with Crippen LogP contribution in [0.1, 0.15) is 21.5 Å². The fourth-order valence-corrected chi connectivity index (χ4v) is 2.88. The van der Waals surface area contributed by atoms with E-state index in [9.17, 15) is 9.59 Å². The second kappa shape index (κ2) is 9.12. The molecule has 0 unspecified atom stereocenters. The number of nitrogens with one attached hydrogen (secondary N) is 1. The van der Waals surface area contributed by atoms with Crippen LogP contribution in [0.3, 0.4) is 0 Å². The maximum atomic E-state index is 12.3. The summed E-state index contributed by atoms with van der Waals surface area (Å²) in [5.41, 5.74) is 2.58. The van der Waals surface area contributed by atoms with Gasteiger partial charge in [0.1, 0.15) is 13.2 Å². The van der Waals surface area contributed by atoms with Crippen LogP contribution in [0.15, 0.2) is 36.4 Å². The zero-order chi connectivity index (χ0) is 19.9. The zero-order valence-corrected chi connectivity index (χ0v) is 15.9. The van der Waals surface area contributed by atoms with E-state index in [2.05, 4.69) is 5.32 Å². The van der Waals surface area contributed by atoms with Crippen molar-refractivity contribution < 1.29 is 28.5 Å². The number of carbonyl (C=O) groups is 2. The number of esters is 1. The maximum Gasteiger partial charge on any atom is 0.338 e. The molecule has 1 aliphatic rings. The summed E-state index contributed by atoms with van der Waals surface area (Å²) < 4.78 is 21.3. The molecule has 1 aliphatic heterocycles. The van der Waals surface area contributed by atoms with Gasteiger partial charge in [-0.15, -0.1) is 0 Å². The average molecular weight is 385 g/mol. The topological polar surface area (TPSA) is 83.1 Å². The van der Waals surface area contributed by atoms with E-state index in [1.165, 1.54) is 30.4 Å². The SMILES string of the molecule is COc1cc(C(=O)OCC(=O)NCCc2ccccc2C)cc2c1OCCO2. The predicted octanol–water partition coefficient (Wildman–Crippen LogP) is 2.29. The van der Waals surface area contributed by atoms with Crippen LogP contribution in [0.25, 0.3) is 0 Å². The number of rotatable bonds is 7. The Balaban J connectivity index is 1.51. The lowest BCUT2D eigenvalue weighted by Crippen LogP contribution is -2.30. The fourth-order valence-electron chi connectivity index (χ4n) is 2.88. The highest BCUT2D eigenvalue weighted by molar-refractivity contribution is 5.92. The van der Waals surface area contributed by atoms with Gasteiger partial charge in [-0.1, -0.05) is 24.3 Å². The first-order valence-corrected chi connectivity index (χ1v) is 9.04. The van der Waals surface area contributed by atoms with Crippen molar-refractivity contribution in [1.82, 2.24) is 5.32 Å². The third-order valence-corrected chi connectivity index (χ3v) is 4.38. The second-order valence-electron chi connectivity index (χ2n) is 6.31. The van der Waals surface area contributed by atoms with Gasteiger partial charge in [0.15, 0.2) is 18.1 Å². The molecule has 0 bridgehead atoms. The Kier molecular flexibility index (Phi) is 6.37. The molecular weight excluding hydrogens is 362 g/mol. The van der Waals surface area contributed by atoms with E-state index < -0.39 is 5.97 Å². The van der Waals surface area contributed by atoms with Crippen LogP contribution >= 0.6 is 0 Å². The number of hydrogen-bond acceptors (Lipinski definition) is 6. The standard InChI is InChI=1S/C21H23NO6/c1-14-5-3-4-6-15(14)7-8-22-19(23)13-28-21(24)16-11-17(25-2)20-18(12-16)26-9-10-27-20/h3-6,11-12H,7-10,13H2,1-2H3,(H,22,23). The molecule has 1 heterocycles. The largest absolute Gasteiger partial charge is 0.493 e. The molecule has 3 rings (SSSR count). The molecule has 0 spiro atoms. The van der Waals surface area contributed by atoms with Crippen molar-refractivity contribution in [3.8, 4) is 17.2 Å². The van der Waals surface area contributed by atoms with Crippen molar-refractivity contribution >= 4 is 11.9 Å². The lowest BCUT2D eigenvalue weighted by Gasteiger charge is -2.21. The van der Waals surface area contributed by atoms with Crippen molar-refractivity contribution in [3.63, 3.8) is 0 Å². The van der Waals surface area contributed by atoms with Gasteiger partial charge in [0.25, 0.3) is 5.91 Å². The quantitative estimate of drug-likeness (QED) is 0.737. The molecule has 0 atom stereocenters. The Labute approximate surface area is 163 Å². The van der Waals surface area contributed by atoms with Crippen molar-refractivity contribution in [2.24, 2.45) is 0 Å². The number of aryl methyl sites for hydroxylation is 1. The summed E-state index contributed by atoms with van der Waals surface area (Å²) in [6, 6.07) is 11.0. The smallest absolute Gasteiger partial charge is 0.338 e. The number of hydrogen-bond donors (Lipinski definition) is 1. The van der Waals surface area contributed by atoms with E-state index in [4.69, 9.17) is 18.9 Å².